The lowest BCUT2D eigenvalue weighted by molar-refractivity contribution is -0.112. The van der Waals surface area contributed by atoms with Crippen molar-refractivity contribution in [3.8, 4) is 0 Å². The molecule has 200 valence electrons. The number of nitrogens with zero attached hydrogens (tertiary/aromatic N) is 5. The van der Waals surface area contributed by atoms with Gasteiger partial charge in [-0.05, 0) is 36.2 Å². The van der Waals surface area contributed by atoms with Gasteiger partial charge in [-0.1, -0.05) is 6.07 Å². The molecule has 0 spiro atoms. The number of alkyl halides is 2. The van der Waals surface area contributed by atoms with Crippen molar-refractivity contribution in [3.05, 3.63) is 71.6 Å². The van der Waals surface area contributed by atoms with Crippen molar-refractivity contribution in [1.82, 2.24) is 29.1 Å². The molecule has 1 fully saturated rings. The van der Waals surface area contributed by atoms with Gasteiger partial charge in [0.1, 0.15) is 11.5 Å². The number of pyridine rings is 1. The van der Waals surface area contributed by atoms with Crippen LogP contribution in [0.2, 0.25) is 0 Å². The van der Waals surface area contributed by atoms with Crippen molar-refractivity contribution in [3.63, 3.8) is 0 Å². The summed E-state index contributed by atoms with van der Waals surface area (Å²) in [5.74, 6) is -3.46. The fraction of sp³-hybridized carbons (Fsp3) is 0.321. The van der Waals surface area contributed by atoms with Crippen LogP contribution in [0.4, 0.5) is 18.0 Å². The van der Waals surface area contributed by atoms with Gasteiger partial charge < -0.3 is 19.7 Å². The lowest BCUT2D eigenvalue weighted by atomic mass is 10.0. The Morgan fingerprint density at radius 3 is 2.82 bits per heavy atom. The van der Waals surface area contributed by atoms with Gasteiger partial charge in [0, 0.05) is 55.9 Å². The van der Waals surface area contributed by atoms with Crippen LogP contribution in [0.1, 0.15) is 29.7 Å². The average molecular weight is 535 g/mol. The molecule has 0 atom stereocenters. The number of ketones is 1. The number of halogens is 3. The maximum atomic E-state index is 15.0. The molecule has 6 heterocycles. The Balaban J connectivity index is 1.31. The number of carbonyl (C=O) groups excluding carboxylic acids is 2. The van der Waals surface area contributed by atoms with Gasteiger partial charge in [-0.15, -0.1) is 0 Å². The molecule has 1 saturated heterocycles. The summed E-state index contributed by atoms with van der Waals surface area (Å²) in [6, 6.07) is 7.97. The van der Waals surface area contributed by atoms with E-state index >= 15 is 4.39 Å². The minimum Gasteiger partial charge on any atom is -0.376 e. The summed E-state index contributed by atoms with van der Waals surface area (Å²) in [6.45, 7) is 0.576. The van der Waals surface area contributed by atoms with E-state index in [4.69, 9.17) is 0 Å². The summed E-state index contributed by atoms with van der Waals surface area (Å²) in [5.41, 5.74) is 4.49. The molecule has 0 unspecified atom stereocenters. The Morgan fingerprint density at radius 1 is 1.10 bits per heavy atom. The minimum absolute atomic E-state index is 0.0876. The maximum Gasteiger partial charge on any atom is 0.320 e. The molecule has 3 aromatic heterocycles. The first kappa shape index (κ1) is 23.8. The molecule has 2 amide bonds. The third kappa shape index (κ3) is 3.86. The zero-order valence-electron chi connectivity index (χ0n) is 21.0. The molecule has 0 radical (unpaired) electrons. The van der Waals surface area contributed by atoms with Crippen LogP contribution in [0.25, 0.3) is 27.8 Å². The van der Waals surface area contributed by atoms with Crippen LogP contribution in [0.5, 0.6) is 0 Å². The molecule has 0 aliphatic carbocycles. The quantitative estimate of drug-likeness (QED) is 0.420. The average Bonchev–Trinajstić information content (AvgIpc) is 3.56. The highest BCUT2D eigenvalue weighted by molar-refractivity contribution is 6.32. The Labute approximate surface area is 221 Å². The summed E-state index contributed by atoms with van der Waals surface area (Å²) in [7, 11) is 0. The first-order valence-corrected chi connectivity index (χ1v) is 13.0. The first-order chi connectivity index (χ1) is 18.8. The summed E-state index contributed by atoms with van der Waals surface area (Å²) in [5, 5.41) is 3.84. The third-order valence-corrected chi connectivity index (χ3v) is 7.82. The monoisotopic (exact) mass is 534 g/mol. The molecule has 39 heavy (non-hydrogen) atoms. The molecule has 4 aromatic rings. The molecule has 1 aromatic carbocycles. The third-order valence-electron chi connectivity index (χ3n) is 7.82. The van der Waals surface area contributed by atoms with Gasteiger partial charge in [-0.25, -0.2) is 22.9 Å². The predicted octanol–water partition coefficient (Wildman–Crippen LogP) is 4.14. The maximum absolute atomic E-state index is 15.0. The van der Waals surface area contributed by atoms with Crippen molar-refractivity contribution < 1.29 is 22.8 Å². The number of urea groups is 1. The van der Waals surface area contributed by atoms with Crippen LogP contribution in [0.15, 0.2) is 48.9 Å². The largest absolute Gasteiger partial charge is 0.376 e. The molecule has 0 bridgehead atoms. The second-order valence-corrected chi connectivity index (χ2v) is 10.4. The van der Waals surface area contributed by atoms with Gasteiger partial charge in [0.15, 0.2) is 5.78 Å². The predicted molar refractivity (Wildman–Crippen MR) is 138 cm³/mol. The number of hydrogen-bond acceptors (Lipinski definition) is 4. The van der Waals surface area contributed by atoms with Crippen LogP contribution >= 0.6 is 0 Å². The van der Waals surface area contributed by atoms with E-state index in [0.717, 1.165) is 5.52 Å². The number of nitrogens with one attached hydrogen (secondary N) is 1. The van der Waals surface area contributed by atoms with E-state index in [1.165, 1.54) is 21.9 Å². The van der Waals surface area contributed by atoms with E-state index in [0.29, 0.717) is 45.7 Å². The zero-order valence-corrected chi connectivity index (χ0v) is 21.0. The first-order valence-electron chi connectivity index (χ1n) is 13.0. The van der Waals surface area contributed by atoms with Gasteiger partial charge in [0.05, 0.1) is 41.8 Å². The molecule has 3 aliphatic rings. The van der Waals surface area contributed by atoms with Crippen molar-refractivity contribution in [2.75, 3.05) is 26.2 Å². The van der Waals surface area contributed by atoms with Gasteiger partial charge in [0.25, 0.3) is 5.92 Å². The molecule has 1 N–H and O–H groups in total. The van der Waals surface area contributed by atoms with Crippen LogP contribution in [0, 0.1) is 5.82 Å². The Hall–Kier alpha value is -4.28. The Kier molecular flexibility index (Phi) is 5.26. The van der Waals surface area contributed by atoms with Gasteiger partial charge >= 0.3 is 6.03 Å². The highest BCUT2D eigenvalue weighted by Crippen LogP contribution is 2.37. The second kappa shape index (κ2) is 8.62. The van der Waals surface area contributed by atoms with Crippen molar-refractivity contribution >= 4 is 39.6 Å². The van der Waals surface area contributed by atoms with Crippen LogP contribution in [0.3, 0.4) is 0 Å². The van der Waals surface area contributed by atoms with Gasteiger partial charge in [-0.2, -0.15) is 0 Å². The van der Waals surface area contributed by atoms with Crippen LogP contribution in [-0.2, 0) is 17.9 Å². The minimum atomic E-state index is -2.90. The van der Waals surface area contributed by atoms with E-state index < -0.39 is 24.3 Å². The number of piperidine rings is 1. The van der Waals surface area contributed by atoms with Crippen molar-refractivity contribution in [2.24, 2.45) is 0 Å². The standard InChI is InChI=1S/C28H25F3N6O2/c29-18-10-17-14-35(27(39)36-6-3-5-28(30,31)16-36)9-8-34-15-20(19(11-18)26(17)34)25-24(22(38)13-33-25)21-12-32-23-4-1-2-7-37(21)23/h1-2,4,7,10-12,15,33H,3,5-6,8-9,13-14,16H2. The number of hydrogen-bond donors (Lipinski definition) is 1. The van der Waals surface area contributed by atoms with Crippen molar-refractivity contribution in [1.29, 1.82) is 0 Å². The highest BCUT2D eigenvalue weighted by atomic mass is 19.3. The molecular weight excluding hydrogens is 509 g/mol. The second-order valence-electron chi connectivity index (χ2n) is 10.4. The number of rotatable bonds is 2. The van der Waals surface area contributed by atoms with Crippen LogP contribution in [-0.4, -0.2) is 67.7 Å². The van der Waals surface area contributed by atoms with E-state index in [1.54, 1.807) is 6.20 Å². The molecule has 7 rings (SSSR count). The molecular formula is C28H25F3N6O2. The number of aromatic nitrogens is 3. The number of amides is 2. The number of likely N-dealkylation sites (tertiary alicyclic amines) is 1. The molecule has 8 nitrogen and oxygen atoms in total. The number of carbonyl (C=O) groups is 2. The lowest BCUT2D eigenvalue weighted by Crippen LogP contribution is -2.51. The summed E-state index contributed by atoms with van der Waals surface area (Å²) in [6.07, 6.45) is 5.41. The summed E-state index contributed by atoms with van der Waals surface area (Å²) < 4.78 is 46.8. The number of fused-ring (bicyclic) bond motifs is 1. The molecule has 0 saturated carbocycles. The molecule has 3 aliphatic heterocycles. The van der Waals surface area contributed by atoms with E-state index in [-0.39, 0.29) is 44.8 Å². The topological polar surface area (TPSA) is 74.9 Å². The summed E-state index contributed by atoms with van der Waals surface area (Å²) >= 11 is 0. The zero-order chi connectivity index (χ0) is 26.9. The Morgan fingerprint density at radius 2 is 1.97 bits per heavy atom. The number of benzene rings is 1. The number of imidazole rings is 1. The number of Topliss-reactive ketones (excluding diaryl/α,β-unsaturated/α-hetero) is 1. The van der Waals surface area contributed by atoms with Crippen molar-refractivity contribution in [2.45, 2.75) is 31.9 Å². The van der Waals surface area contributed by atoms with Crippen LogP contribution < -0.4 is 5.32 Å². The fourth-order valence-corrected chi connectivity index (χ4v) is 6.09. The van der Waals surface area contributed by atoms with E-state index in [9.17, 15) is 18.4 Å². The van der Waals surface area contributed by atoms with Gasteiger partial charge in [-0.3, -0.25) is 9.20 Å². The fourth-order valence-electron chi connectivity index (χ4n) is 6.09. The lowest BCUT2D eigenvalue weighted by Gasteiger charge is -2.36. The van der Waals surface area contributed by atoms with E-state index in [2.05, 4.69) is 10.3 Å². The van der Waals surface area contributed by atoms with Gasteiger partial charge in [0.2, 0.25) is 0 Å². The Bertz CT molecular complexity index is 1700. The molecule has 11 heteroatoms. The smallest absolute Gasteiger partial charge is 0.320 e. The van der Waals surface area contributed by atoms with E-state index in [1.807, 2.05) is 39.6 Å². The highest BCUT2D eigenvalue weighted by Gasteiger charge is 2.39. The SMILES string of the molecule is O=C1CNC(c2cn3c4c(cc(F)cc24)CN(C(=O)N2CCCC(F)(F)C2)CC3)=C1c1cnc2ccccn12. The normalized spacial score (nSPS) is 19.2. The summed E-state index contributed by atoms with van der Waals surface area (Å²) in [4.78, 5) is 33.4.